The lowest BCUT2D eigenvalue weighted by molar-refractivity contribution is -0.122. The van der Waals surface area contributed by atoms with E-state index in [1.54, 1.807) is 37.4 Å². The first-order chi connectivity index (χ1) is 16.4. The van der Waals surface area contributed by atoms with Crippen LogP contribution in [0, 0.1) is 6.92 Å². The second-order valence-electron chi connectivity index (χ2n) is 8.29. The van der Waals surface area contributed by atoms with E-state index in [0.717, 1.165) is 11.1 Å². The van der Waals surface area contributed by atoms with Crippen LogP contribution in [0.25, 0.3) is 0 Å². The summed E-state index contributed by atoms with van der Waals surface area (Å²) in [4.78, 5) is 15.7. The zero-order valence-electron chi connectivity index (χ0n) is 19.3. The molecule has 34 heavy (non-hydrogen) atoms. The molecule has 0 radical (unpaired) electrons. The summed E-state index contributed by atoms with van der Waals surface area (Å²) in [5, 5.41) is 2.99. The number of hydrogen-bond donors (Lipinski definition) is 1. The molecule has 0 saturated carbocycles. The van der Waals surface area contributed by atoms with Gasteiger partial charge in [-0.15, -0.1) is 0 Å². The second-order valence-corrected chi connectivity index (χ2v) is 10.2. The van der Waals surface area contributed by atoms with Crippen molar-refractivity contribution >= 4 is 21.6 Å². The van der Waals surface area contributed by atoms with Crippen molar-refractivity contribution in [1.29, 1.82) is 0 Å². The van der Waals surface area contributed by atoms with Crippen LogP contribution in [0.2, 0.25) is 0 Å². The van der Waals surface area contributed by atoms with Crippen molar-refractivity contribution in [3.8, 4) is 5.75 Å². The smallest absolute Gasteiger partial charge is 0.246 e. The molecule has 1 aliphatic rings. The lowest BCUT2D eigenvalue weighted by Gasteiger charge is -2.38. The Morgan fingerprint density at radius 1 is 0.912 bits per heavy atom. The molecular weight excluding hydrogens is 450 g/mol. The van der Waals surface area contributed by atoms with E-state index < -0.39 is 16.1 Å². The van der Waals surface area contributed by atoms with Crippen LogP contribution in [-0.4, -0.2) is 56.8 Å². The molecule has 0 unspecified atom stereocenters. The molecule has 7 nitrogen and oxygen atoms in total. The zero-order chi connectivity index (χ0) is 24.1. The van der Waals surface area contributed by atoms with Crippen molar-refractivity contribution < 1.29 is 17.9 Å². The van der Waals surface area contributed by atoms with Crippen LogP contribution in [0.1, 0.15) is 17.2 Å². The Hall–Kier alpha value is -3.20. The summed E-state index contributed by atoms with van der Waals surface area (Å²) in [6, 6.07) is 23.1. The molecule has 0 spiro atoms. The Kier molecular flexibility index (Phi) is 7.31. The first kappa shape index (κ1) is 23.9. The lowest BCUT2D eigenvalue weighted by atomic mass is 10.0. The number of ether oxygens (including phenoxy) is 1. The molecule has 0 aliphatic carbocycles. The highest BCUT2D eigenvalue weighted by Gasteiger charge is 2.34. The number of piperazine rings is 1. The molecule has 0 bridgehead atoms. The van der Waals surface area contributed by atoms with Crippen LogP contribution in [0.5, 0.6) is 5.75 Å². The van der Waals surface area contributed by atoms with E-state index in [2.05, 4.69) is 5.32 Å². The molecule has 1 fully saturated rings. The number of nitrogens with zero attached hydrogens (tertiary/aromatic N) is 2. The highest BCUT2D eigenvalue weighted by atomic mass is 32.2. The van der Waals surface area contributed by atoms with E-state index in [1.165, 1.54) is 4.31 Å². The van der Waals surface area contributed by atoms with Crippen molar-refractivity contribution in [3.63, 3.8) is 0 Å². The maximum atomic E-state index is 13.4. The van der Waals surface area contributed by atoms with Crippen molar-refractivity contribution in [2.75, 3.05) is 38.6 Å². The fraction of sp³-hybridized carbons (Fsp3) is 0.269. The van der Waals surface area contributed by atoms with Crippen LogP contribution in [0.4, 0.5) is 5.69 Å². The molecule has 0 aromatic heterocycles. The number of nitrogens with one attached hydrogen (secondary N) is 1. The number of hydrogen-bond acceptors (Lipinski definition) is 5. The third-order valence-corrected chi connectivity index (χ3v) is 7.91. The van der Waals surface area contributed by atoms with Gasteiger partial charge in [0.1, 0.15) is 11.8 Å². The fourth-order valence-corrected chi connectivity index (χ4v) is 5.56. The van der Waals surface area contributed by atoms with Crippen molar-refractivity contribution in [2.45, 2.75) is 17.9 Å². The summed E-state index contributed by atoms with van der Waals surface area (Å²) in [5.41, 5.74) is 2.51. The van der Waals surface area contributed by atoms with Gasteiger partial charge in [-0.05, 0) is 36.8 Å². The number of rotatable bonds is 7. The summed E-state index contributed by atoms with van der Waals surface area (Å²) in [6.07, 6.45) is 0. The number of methoxy groups -OCH3 is 1. The maximum absolute atomic E-state index is 13.4. The number of benzene rings is 3. The molecule has 8 heteroatoms. The first-order valence-corrected chi connectivity index (χ1v) is 12.6. The van der Waals surface area contributed by atoms with Crippen molar-refractivity contribution in [1.82, 2.24) is 9.21 Å². The predicted molar refractivity (Wildman–Crippen MR) is 132 cm³/mol. The largest absolute Gasteiger partial charge is 0.497 e. The van der Waals surface area contributed by atoms with Gasteiger partial charge in [-0.2, -0.15) is 4.31 Å². The minimum absolute atomic E-state index is 0.172. The third kappa shape index (κ3) is 5.30. The Morgan fingerprint density at radius 2 is 1.59 bits per heavy atom. The molecule has 3 aromatic rings. The molecule has 1 heterocycles. The predicted octanol–water partition coefficient (Wildman–Crippen LogP) is 3.69. The molecular formula is C26H29N3O4S. The number of aryl methyl sites for hydroxylation is 1. The van der Waals surface area contributed by atoms with Crippen LogP contribution >= 0.6 is 0 Å². The number of sulfonamides is 1. The second kappa shape index (κ2) is 10.4. The van der Waals surface area contributed by atoms with Crippen LogP contribution in [0.15, 0.2) is 83.8 Å². The van der Waals surface area contributed by atoms with E-state index in [0.29, 0.717) is 42.5 Å². The number of anilines is 1. The molecule has 178 valence electrons. The van der Waals surface area contributed by atoms with Crippen LogP contribution in [-0.2, 0) is 14.8 Å². The SMILES string of the molecule is COc1cccc(NC(=O)[C@H](c2ccccc2)N2CCN(S(=O)(=O)c3ccc(C)cc3)CC2)c1. The fourth-order valence-electron chi connectivity index (χ4n) is 4.14. The van der Waals surface area contributed by atoms with Gasteiger partial charge in [0.25, 0.3) is 0 Å². The Labute approximate surface area is 201 Å². The molecule has 4 rings (SSSR count). The van der Waals surface area contributed by atoms with Gasteiger partial charge < -0.3 is 10.1 Å². The molecule has 1 amide bonds. The summed E-state index contributed by atoms with van der Waals surface area (Å²) in [6.45, 7) is 3.43. The summed E-state index contributed by atoms with van der Waals surface area (Å²) in [5.74, 6) is 0.485. The first-order valence-electron chi connectivity index (χ1n) is 11.2. The van der Waals surface area contributed by atoms with E-state index >= 15 is 0 Å². The average Bonchev–Trinajstić information content (AvgIpc) is 2.85. The number of carbonyl (C=O) groups is 1. The van der Waals surface area contributed by atoms with Gasteiger partial charge in [0.2, 0.25) is 15.9 Å². The molecule has 1 N–H and O–H groups in total. The summed E-state index contributed by atoms with van der Waals surface area (Å²) in [7, 11) is -2.00. The van der Waals surface area contributed by atoms with E-state index in [-0.39, 0.29) is 5.91 Å². The monoisotopic (exact) mass is 479 g/mol. The third-order valence-electron chi connectivity index (χ3n) is 6.00. The average molecular weight is 480 g/mol. The Morgan fingerprint density at radius 3 is 2.24 bits per heavy atom. The van der Waals surface area contributed by atoms with Gasteiger partial charge in [-0.25, -0.2) is 8.42 Å². The quantitative estimate of drug-likeness (QED) is 0.559. The van der Waals surface area contributed by atoms with Gasteiger partial charge >= 0.3 is 0 Å². The van der Waals surface area contributed by atoms with Gasteiger partial charge in [0, 0.05) is 37.9 Å². The minimum Gasteiger partial charge on any atom is -0.497 e. The van der Waals surface area contributed by atoms with Crippen LogP contribution < -0.4 is 10.1 Å². The van der Waals surface area contributed by atoms with Gasteiger partial charge in [-0.1, -0.05) is 54.1 Å². The molecule has 3 aromatic carbocycles. The number of carbonyl (C=O) groups excluding carboxylic acids is 1. The highest BCUT2D eigenvalue weighted by molar-refractivity contribution is 7.89. The maximum Gasteiger partial charge on any atom is 0.246 e. The molecule has 1 saturated heterocycles. The van der Waals surface area contributed by atoms with E-state index in [9.17, 15) is 13.2 Å². The molecule has 1 aliphatic heterocycles. The van der Waals surface area contributed by atoms with Gasteiger partial charge in [0.15, 0.2) is 0 Å². The Balaban J connectivity index is 1.52. The van der Waals surface area contributed by atoms with Crippen molar-refractivity contribution in [2.24, 2.45) is 0 Å². The van der Waals surface area contributed by atoms with Crippen molar-refractivity contribution in [3.05, 3.63) is 90.0 Å². The topological polar surface area (TPSA) is 79.0 Å². The number of amides is 1. The summed E-state index contributed by atoms with van der Waals surface area (Å²) >= 11 is 0. The van der Waals surface area contributed by atoms with E-state index in [1.807, 2.05) is 60.4 Å². The van der Waals surface area contributed by atoms with Gasteiger partial charge in [-0.3, -0.25) is 9.69 Å². The minimum atomic E-state index is -3.58. The zero-order valence-corrected chi connectivity index (χ0v) is 20.2. The highest BCUT2D eigenvalue weighted by Crippen LogP contribution is 2.27. The van der Waals surface area contributed by atoms with E-state index in [4.69, 9.17) is 4.74 Å². The summed E-state index contributed by atoms with van der Waals surface area (Å²) < 4.78 is 33.0. The standard InChI is InChI=1S/C26H29N3O4S/c1-20-11-13-24(14-12-20)34(31,32)29-17-15-28(16-18-29)25(21-7-4-3-5-8-21)26(30)27-22-9-6-10-23(19-22)33-2/h3-14,19,25H,15-18H2,1-2H3,(H,27,30)/t25-/m0/s1. The normalized spacial score (nSPS) is 16.1. The lowest BCUT2D eigenvalue weighted by Crippen LogP contribution is -2.51. The van der Waals surface area contributed by atoms with Crippen LogP contribution in [0.3, 0.4) is 0 Å². The molecule has 1 atom stereocenters. The Bertz CT molecular complexity index is 1220. The van der Waals surface area contributed by atoms with Gasteiger partial charge in [0.05, 0.1) is 12.0 Å².